The van der Waals surface area contributed by atoms with Crippen LogP contribution in [0.1, 0.15) is 61.3 Å². The highest BCUT2D eigenvalue weighted by Gasteiger charge is 2.49. The molecule has 3 atom stereocenters. The number of fused-ring (bicyclic) bond motifs is 3. The topological polar surface area (TPSA) is 35.9 Å². The molecular formula is C30H42N2O2. The van der Waals surface area contributed by atoms with Crippen LogP contribution in [0.25, 0.3) is 0 Å². The molecular weight excluding hydrogens is 420 g/mol. The molecule has 4 nitrogen and oxygen atoms in total. The summed E-state index contributed by atoms with van der Waals surface area (Å²) in [5.74, 6) is 2.16. The van der Waals surface area contributed by atoms with Crippen LogP contribution < -0.4 is 4.74 Å². The molecule has 34 heavy (non-hydrogen) atoms. The molecule has 1 N–H and O–H groups in total. The van der Waals surface area contributed by atoms with E-state index >= 15 is 0 Å². The van der Waals surface area contributed by atoms with Crippen LogP contribution in [0.5, 0.6) is 11.5 Å². The summed E-state index contributed by atoms with van der Waals surface area (Å²) in [6, 6.07) is 13.0. The number of hydrogen-bond donors (Lipinski definition) is 1. The average molecular weight is 463 g/mol. The lowest BCUT2D eigenvalue weighted by molar-refractivity contribution is -0.000501. The minimum absolute atomic E-state index is 0.117. The quantitative estimate of drug-likeness (QED) is 0.543. The SMILES string of the molecule is CC1=C[C@H](c2cc(CCN(C)C)ccc2O)[C@H]2[C@@H](C1)c1cc(CCN(C)C)ccc1OC2(C)C. The molecule has 184 valence electrons. The van der Waals surface area contributed by atoms with Gasteiger partial charge in [-0.1, -0.05) is 35.9 Å². The van der Waals surface area contributed by atoms with Crippen LogP contribution in [-0.4, -0.2) is 61.8 Å². The number of ether oxygens (including phenoxy) is 1. The summed E-state index contributed by atoms with van der Waals surface area (Å²) in [4.78, 5) is 4.44. The Kier molecular flexibility index (Phi) is 7.12. The van der Waals surface area contributed by atoms with Crippen molar-refractivity contribution < 1.29 is 9.84 Å². The van der Waals surface area contributed by atoms with E-state index in [1.165, 1.54) is 22.3 Å². The number of benzene rings is 2. The molecule has 0 unspecified atom stereocenters. The lowest BCUT2D eigenvalue weighted by atomic mass is 9.61. The highest BCUT2D eigenvalue weighted by Crippen LogP contribution is 2.56. The second-order valence-corrected chi connectivity index (χ2v) is 11.5. The molecule has 0 radical (unpaired) electrons. The minimum Gasteiger partial charge on any atom is -0.508 e. The summed E-state index contributed by atoms with van der Waals surface area (Å²) in [6.07, 6.45) is 5.44. The Balaban J connectivity index is 1.74. The molecule has 0 amide bonds. The van der Waals surface area contributed by atoms with Crippen LogP contribution in [0.2, 0.25) is 0 Å². The second-order valence-electron chi connectivity index (χ2n) is 11.5. The Morgan fingerprint density at radius 3 is 2.12 bits per heavy atom. The van der Waals surface area contributed by atoms with Crippen LogP contribution in [-0.2, 0) is 12.8 Å². The molecule has 1 heterocycles. The van der Waals surface area contributed by atoms with Gasteiger partial charge in [-0.05, 0) is 103 Å². The fourth-order valence-corrected chi connectivity index (χ4v) is 5.93. The fraction of sp³-hybridized carbons (Fsp3) is 0.533. The van der Waals surface area contributed by atoms with Crippen molar-refractivity contribution in [2.24, 2.45) is 5.92 Å². The summed E-state index contributed by atoms with van der Waals surface area (Å²) in [5.41, 5.74) is 6.07. The summed E-state index contributed by atoms with van der Waals surface area (Å²) >= 11 is 0. The smallest absolute Gasteiger partial charge is 0.123 e. The van der Waals surface area contributed by atoms with E-state index in [2.05, 4.69) is 95.2 Å². The van der Waals surface area contributed by atoms with Crippen molar-refractivity contribution in [3.05, 3.63) is 70.3 Å². The molecule has 0 spiro atoms. The highest BCUT2D eigenvalue weighted by molar-refractivity contribution is 5.49. The van der Waals surface area contributed by atoms with E-state index < -0.39 is 0 Å². The van der Waals surface area contributed by atoms with Gasteiger partial charge in [0.25, 0.3) is 0 Å². The first kappa shape index (κ1) is 24.8. The molecule has 2 aromatic carbocycles. The Hall–Kier alpha value is -2.30. The van der Waals surface area contributed by atoms with Crippen molar-refractivity contribution in [2.45, 2.75) is 57.5 Å². The maximum Gasteiger partial charge on any atom is 0.123 e. The van der Waals surface area contributed by atoms with Crippen LogP contribution >= 0.6 is 0 Å². The van der Waals surface area contributed by atoms with Gasteiger partial charge in [0, 0.05) is 30.5 Å². The van der Waals surface area contributed by atoms with Gasteiger partial charge < -0.3 is 19.6 Å². The summed E-state index contributed by atoms with van der Waals surface area (Å²) in [5, 5.41) is 11.0. The number of hydrogen-bond acceptors (Lipinski definition) is 4. The highest BCUT2D eigenvalue weighted by atomic mass is 16.5. The molecule has 0 bridgehead atoms. The zero-order valence-corrected chi connectivity index (χ0v) is 22.1. The summed E-state index contributed by atoms with van der Waals surface area (Å²) in [7, 11) is 8.45. The maximum absolute atomic E-state index is 11.0. The molecule has 4 heteroatoms. The minimum atomic E-state index is -0.337. The summed E-state index contributed by atoms with van der Waals surface area (Å²) in [6.45, 7) is 8.72. The number of likely N-dealkylation sites (N-methyl/N-ethyl adjacent to an activating group) is 2. The zero-order chi connectivity index (χ0) is 24.6. The monoisotopic (exact) mass is 462 g/mol. The normalized spacial score (nSPS) is 23.3. The van der Waals surface area contributed by atoms with Crippen molar-refractivity contribution in [1.82, 2.24) is 9.80 Å². The van der Waals surface area contributed by atoms with E-state index in [0.717, 1.165) is 43.7 Å². The van der Waals surface area contributed by atoms with Crippen LogP contribution in [0, 0.1) is 5.92 Å². The standard InChI is InChI=1S/C30H42N2O2/c1-20-16-25(23-18-21(8-10-27(23)33)12-14-31(4)5)29-26(17-20)24-19-22(13-15-32(6)7)9-11-28(24)34-30(29,2)3/h8-11,16,18-19,25-26,29,33H,12-15,17H2,1-7H3/t25-,26+,29+/m1/s1. The Bertz CT molecular complexity index is 1050. The zero-order valence-electron chi connectivity index (χ0n) is 22.1. The van der Waals surface area contributed by atoms with Crippen LogP contribution in [0.3, 0.4) is 0 Å². The van der Waals surface area contributed by atoms with E-state index in [-0.39, 0.29) is 17.4 Å². The lowest BCUT2D eigenvalue weighted by Crippen LogP contribution is -2.48. The maximum atomic E-state index is 11.0. The van der Waals surface area contributed by atoms with Gasteiger partial charge in [0.2, 0.25) is 0 Å². The molecule has 1 aliphatic heterocycles. The van der Waals surface area contributed by atoms with Gasteiger partial charge in [-0.25, -0.2) is 0 Å². The van der Waals surface area contributed by atoms with Gasteiger partial charge in [-0.3, -0.25) is 0 Å². The van der Waals surface area contributed by atoms with Gasteiger partial charge in [-0.2, -0.15) is 0 Å². The van der Waals surface area contributed by atoms with Crippen molar-refractivity contribution in [1.29, 1.82) is 0 Å². The summed E-state index contributed by atoms with van der Waals surface area (Å²) < 4.78 is 6.68. The molecule has 2 aromatic rings. The van der Waals surface area contributed by atoms with Crippen LogP contribution in [0.15, 0.2) is 48.0 Å². The number of rotatable bonds is 7. The van der Waals surface area contributed by atoms with Gasteiger partial charge in [0.15, 0.2) is 0 Å². The number of nitrogens with zero attached hydrogens (tertiary/aromatic N) is 2. The molecule has 0 fully saturated rings. The molecule has 1 aliphatic carbocycles. The third kappa shape index (κ3) is 5.18. The van der Waals surface area contributed by atoms with Gasteiger partial charge in [0.1, 0.15) is 17.1 Å². The Morgan fingerprint density at radius 1 is 0.912 bits per heavy atom. The molecule has 0 aromatic heterocycles. The Morgan fingerprint density at radius 2 is 1.50 bits per heavy atom. The van der Waals surface area contributed by atoms with Crippen molar-refractivity contribution in [2.75, 3.05) is 41.3 Å². The number of allylic oxidation sites excluding steroid dienone is 2. The number of phenols is 1. The molecule has 4 rings (SSSR count). The predicted molar refractivity (Wildman–Crippen MR) is 141 cm³/mol. The predicted octanol–water partition coefficient (Wildman–Crippen LogP) is 5.61. The largest absolute Gasteiger partial charge is 0.508 e. The first-order valence-electron chi connectivity index (χ1n) is 12.7. The lowest BCUT2D eigenvalue weighted by Gasteiger charge is -2.50. The third-order valence-electron chi connectivity index (χ3n) is 7.62. The van der Waals surface area contributed by atoms with E-state index in [0.29, 0.717) is 11.7 Å². The first-order valence-corrected chi connectivity index (χ1v) is 12.7. The first-order chi connectivity index (χ1) is 16.0. The number of phenolic OH excluding ortho intramolecular Hbond substituents is 1. The van der Waals surface area contributed by atoms with Gasteiger partial charge in [0.05, 0.1) is 0 Å². The van der Waals surface area contributed by atoms with Crippen molar-refractivity contribution in [3.8, 4) is 11.5 Å². The molecule has 0 saturated carbocycles. The molecule has 0 saturated heterocycles. The second kappa shape index (κ2) is 9.75. The van der Waals surface area contributed by atoms with Crippen molar-refractivity contribution in [3.63, 3.8) is 0 Å². The average Bonchev–Trinajstić information content (AvgIpc) is 2.76. The third-order valence-corrected chi connectivity index (χ3v) is 7.62. The Labute approximate surface area is 206 Å². The van der Waals surface area contributed by atoms with E-state index in [1.54, 1.807) is 0 Å². The number of aromatic hydroxyl groups is 1. The molecule has 2 aliphatic rings. The van der Waals surface area contributed by atoms with Gasteiger partial charge in [-0.15, -0.1) is 0 Å². The van der Waals surface area contributed by atoms with Crippen molar-refractivity contribution >= 4 is 0 Å². The van der Waals surface area contributed by atoms with Gasteiger partial charge >= 0.3 is 0 Å². The van der Waals surface area contributed by atoms with Crippen LogP contribution in [0.4, 0.5) is 0 Å². The fourth-order valence-electron chi connectivity index (χ4n) is 5.93. The van der Waals surface area contributed by atoms with E-state index in [1.807, 2.05) is 6.07 Å². The van der Waals surface area contributed by atoms with E-state index in [9.17, 15) is 5.11 Å². The van der Waals surface area contributed by atoms with E-state index in [4.69, 9.17) is 4.74 Å².